The van der Waals surface area contributed by atoms with Crippen LogP contribution in [0.2, 0.25) is 0 Å². The van der Waals surface area contributed by atoms with Crippen LogP contribution in [0, 0.1) is 0 Å². The number of hydrogen-bond acceptors (Lipinski definition) is 2. The summed E-state index contributed by atoms with van der Waals surface area (Å²) in [4.78, 5) is 19.8. The van der Waals surface area contributed by atoms with Crippen molar-refractivity contribution in [1.82, 2.24) is 19.9 Å². The fraction of sp³-hybridized carbons (Fsp3) is 0.0357. The van der Waals surface area contributed by atoms with Crippen LogP contribution in [0.5, 0.6) is 0 Å². The fourth-order valence-corrected chi connectivity index (χ4v) is 10.3. The first-order valence-electron chi connectivity index (χ1n) is 20.6. The van der Waals surface area contributed by atoms with Gasteiger partial charge >= 0.3 is 0 Å². The number of hydrogen-bond donors (Lipinski definition) is 2. The molecule has 4 heteroatoms. The first-order chi connectivity index (χ1) is 29.7. The molecule has 0 aliphatic carbocycles. The molecule has 0 saturated heterocycles. The second-order valence-electron chi connectivity index (χ2n) is 15.8. The van der Waals surface area contributed by atoms with Gasteiger partial charge in [-0.2, -0.15) is 0 Å². The van der Waals surface area contributed by atoms with Gasteiger partial charge in [0.1, 0.15) is 11.6 Å². The van der Waals surface area contributed by atoms with E-state index >= 15 is 0 Å². The van der Waals surface area contributed by atoms with Crippen molar-refractivity contribution in [3.8, 4) is 0 Å². The minimum absolute atomic E-state index is 0.819. The van der Waals surface area contributed by atoms with Crippen LogP contribution < -0.4 is 0 Å². The van der Waals surface area contributed by atoms with E-state index in [0.29, 0.717) is 0 Å². The van der Waals surface area contributed by atoms with Crippen LogP contribution in [0.25, 0.3) is 65.2 Å². The average molecular weight is 767 g/mol. The molecule has 4 nitrogen and oxygen atoms in total. The van der Waals surface area contributed by atoms with E-state index in [1.54, 1.807) is 0 Å². The summed E-state index contributed by atoms with van der Waals surface area (Å²) in [6.45, 7) is 0. The van der Waals surface area contributed by atoms with Crippen molar-refractivity contribution in [3.05, 3.63) is 252 Å². The van der Waals surface area contributed by atoms with Gasteiger partial charge in [-0.25, -0.2) is 9.97 Å². The number of aromatic amines is 2. The van der Waals surface area contributed by atoms with Crippen molar-refractivity contribution in [3.63, 3.8) is 0 Å². The summed E-state index contributed by atoms with van der Waals surface area (Å²) in [6.07, 6.45) is 0. The maximum absolute atomic E-state index is 5.86. The summed E-state index contributed by atoms with van der Waals surface area (Å²) in [5, 5.41) is 9.41. The predicted molar refractivity (Wildman–Crippen MR) is 248 cm³/mol. The van der Waals surface area contributed by atoms with E-state index < -0.39 is 10.8 Å². The second-order valence-corrected chi connectivity index (χ2v) is 15.8. The van der Waals surface area contributed by atoms with Gasteiger partial charge in [0.2, 0.25) is 0 Å². The van der Waals surface area contributed by atoms with E-state index in [-0.39, 0.29) is 0 Å². The zero-order valence-corrected chi connectivity index (χ0v) is 32.7. The Morgan fingerprint density at radius 1 is 0.267 bits per heavy atom. The van der Waals surface area contributed by atoms with Gasteiger partial charge in [0.25, 0.3) is 0 Å². The molecule has 0 bridgehead atoms. The van der Waals surface area contributed by atoms with Crippen LogP contribution in [0.1, 0.15) is 33.9 Å². The number of benzene rings is 10. The van der Waals surface area contributed by atoms with Gasteiger partial charge in [-0.05, 0) is 66.7 Å². The number of nitrogens with one attached hydrogen (secondary N) is 2. The van der Waals surface area contributed by atoms with Crippen LogP contribution in [-0.2, 0) is 10.8 Å². The zero-order chi connectivity index (χ0) is 39.7. The molecule has 0 fully saturated rings. The van der Waals surface area contributed by atoms with E-state index in [2.05, 4.69) is 228 Å². The minimum atomic E-state index is -1.03. The summed E-state index contributed by atoms with van der Waals surface area (Å²) >= 11 is 0. The maximum atomic E-state index is 5.86. The molecule has 12 aromatic rings. The molecule has 2 N–H and O–H groups in total. The Morgan fingerprint density at radius 3 is 0.950 bits per heavy atom. The van der Waals surface area contributed by atoms with Crippen molar-refractivity contribution in [2.75, 3.05) is 0 Å². The molecule has 0 aliphatic rings. The summed E-state index contributed by atoms with van der Waals surface area (Å²) in [5.41, 5.74) is 6.06. The Hall–Kier alpha value is -7.82. The Balaban J connectivity index is 1.29. The van der Waals surface area contributed by atoms with E-state index in [1.807, 2.05) is 0 Å². The highest BCUT2D eigenvalue weighted by Gasteiger charge is 2.61. The van der Waals surface area contributed by atoms with Gasteiger partial charge < -0.3 is 9.97 Å². The molecule has 0 unspecified atom stereocenters. The third-order valence-electron chi connectivity index (χ3n) is 12.8. The van der Waals surface area contributed by atoms with E-state index in [1.165, 1.54) is 32.3 Å². The first kappa shape index (κ1) is 34.2. The predicted octanol–water partition coefficient (Wildman–Crippen LogP) is 13.4. The highest BCUT2D eigenvalue weighted by molar-refractivity contribution is 6.17. The number of H-pyrrole nitrogens is 2. The lowest BCUT2D eigenvalue weighted by Gasteiger charge is -2.50. The number of fused-ring (bicyclic) bond motifs is 10. The van der Waals surface area contributed by atoms with Crippen LogP contribution in [0.15, 0.2) is 218 Å². The quantitative estimate of drug-likeness (QED) is 0.159. The number of aromatic nitrogens is 4. The molecular weight excluding hydrogens is 729 g/mol. The molecule has 0 aliphatic heterocycles. The maximum Gasteiger partial charge on any atom is 0.124 e. The molecule has 282 valence electrons. The Bertz CT molecular complexity index is 3220. The molecule has 12 rings (SSSR count). The molecule has 0 saturated carbocycles. The monoisotopic (exact) mass is 766 g/mol. The SMILES string of the molecule is c1ccc(C(c2ccccc2)(c2nc3c(ccc4c5ccccc5ccc43)[nH]2)C(c2ccccc2)(c2ccccc2)c2nc3c(ccc4c5ccccc5ccc43)[nH]2)cc1. The summed E-state index contributed by atoms with van der Waals surface area (Å²) in [5.74, 6) is 1.64. The highest BCUT2D eigenvalue weighted by atomic mass is 15.0. The smallest absolute Gasteiger partial charge is 0.124 e. The standard InChI is InChI=1S/C56H38N4/c1-5-19-39(20-6-1)55(40-21-7-2-8-22-40,53-57-49-35-33-45-43-27-15-13-17-37(43)29-31-47(45)51(49)59-53)56(41-23-9-3-10-24-41,42-25-11-4-12-26-42)54-58-50-36-34-46-44-28-16-14-18-38(44)30-32-48(46)52(50)60-54/h1-36H,(H,57,59)(H,58,60). The lowest BCUT2D eigenvalue weighted by atomic mass is 9.50. The van der Waals surface area contributed by atoms with Gasteiger partial charge in [0.15, 0.2) is 0 Å². The Kier molecular flexibility index (Phi) is 7.63. The van der Waals surface area contributed by atoms with Crippen molar-refractivity contribution >= 4 is 65.2 Å². The largest absolute Gasteiger partial charge is 0.341 e. The Morgan fingerprint density at radius 2 is 0.583 bits per heavy atom. The molecule has 0 amide bonds. The first-order valence-corrected chi connectivity index (χ1v) is 20.6. The van der Waals surface area contributed by atoms with E-state index in [4.69, 9.17) is 9.97 Å². The van der Waals surface area contributed by atoms with Gasteiger partial charge in [-0.1, -0.05) is 206 Å². The second kappa shape index (κ2) is 13.4. The van der Waals surface area contributed by atoms with E-state index in [0.717, 1.165) is 66.7 Å². The molecule has 0 spiro atoms. The van der Waals surface area contributed by atoms with E-state index in [9.17, 15) is 0 Å². The number of imidazole rings is 2. The van der Waals surface area contributed by atoms with Crippen LogP contribution in [0.3, 0.4) is 0 Å². The number of nitrogens with zero attached hydrogens (tertiary/aromatic N) is 2. The van der Waals surface area contributed by atoms with Gasteiger partial charge in [-0.3, -0.25) is 0 Å². The molecular formula is C56H38N4. The normalized spacial score (nSPS) is 12.3. The fourth-order valence-electron chi connectivity index (χ4n) is 10.3. The lowest BCUT2D eigenvalue weighted by molar-refractivity contribution is 0.387. The topological polar surface area (TPSA) is 57.4 Å². The summed E-state index contributed by atoms with van der Waals surface area (Å²) < 4.78 is 0. The molecule has 2 heterocycles. The van der Waals surface area contributed by atoms with Crippen LogP contribution >= 0.6 is 0 Å². The molecule has 0 radical (unpaired) electrons. The highest BCUT2D eigenvalue weighted by Crippen LogP contribution is 2.59. The van der Waals surface area contributed by atoms with Crippen molar-refractivity contribution in [2.45, 2.75) is 10.8 Å². The lowest BCUT2D eigenvalue weighted by Crippen LogP contribution is -2.54. The number of rotatable bonds is 7. The third-order valence-corrected chi connectivity index (χ3v) is 12.8. The minimum Gasteiger partial charge on any atom is -0.341 e. The zero-order valence-electron chi connectivity index (χ0n) is 32.7. The summed E-state index contributed by atoms with van der Waals surface area (Å²) in [7, 11) is 0. The van der Waals surface area contributed by atoms with Gasteiger partial charge in [-0.15, -0.1) is 0 Å². The van der Waals surface area contributed by atoms with Crippen LogP contribution in [-0.4, -0.2) is 19.9 Å². The molecule has 60 heavy (non-hydrogen) atoms. The third kappa shape index (κ3) is 4.79. The Labute approximate surface area is 346 Å². The summed E-state index contributed by atoms with van der Waals surface area (Å²) in [6, 6.07) is 78.6. The van der Waals surface area contributed by atoms with Crippen molar-refractivity contribution in [1.29, 1.82) is 0 Å². The average Bonchev–Trinajstić information content (AvgIpc) is 3.97. The molecule has 2 aromatic heterocycles. The molecule has 0 atom stereocenters. The van der Waals surface area contributed by atoms with Crippen molar-refractivity contribution in [2.24, 2.45) is 0 Å². The van der Waals surface area contributed by atoms with Gasteiger partial charge in [0, 0.05) is 10.8 Å². The molecule has 10 aromatic carbocycles. The van der Waals surface area contributed by atoms with Crippen molar-refractivity contribution < 1.29 is 0 Å². The van der Waals surface area contributed by atoms with Gasteiger partial charge in [0.05, 0.1) is 32.9 Å². The van der Waals surface area contributed by atoms with Crippen LogP contribution in [0.4, 0.5) is 0 Å².